The number of amides is 2. The van der Waals surface area contributed by atoms with E-state index in [-0.39, 0.29) is 11.8 Å². The summed E-state index contributed by atoms with van der Waals surface area (Å²) in [6.07, 6.45) is 2.98. The summed E-state index contributed by atoms with van der Waals surface area (Å²) in [5.41, 5.74) is 3.40. The molecule has 6 heteroatoms. The number of carbonyl (C=O) groups is 2. The number of hydrogen-bond donors (Lipinski definition) is 2. The number of benzene rings is 2. The van der Waals surface area contributed by atoms with Gasteiger partial charge >= 0.3 is 0 Å². The fourth-order valence-corrected chi connectivity index (χ4v) is 2.43. The summed E-state index contributed by atoms with van der Waals surface area (Å²) < 4.78 is 5.23. The van der Waals surface area contributed by atoms with Crippen LogP contribution in [0.25, 0.3) is 11.3 Å². The fraction of sp³-hybridized carbons (Fsp3) is 0.105. The van der Waals surface area contributed by atoms with Crippen LogP contribution < -0.4 is 10.6 Å². The smallest absolute Gasteiger partial charge is 0.255 e. The summed E-state index contributed by atoms with van der Waals surface area (Å²) in [4.78, 5) is 27.9. The van der Waals surface area contributed by atoms with Gasteiger partial charge in [-0.15, -0.1) is 0 Å². The van der Waals surface area contributed by atoms with Gasteiger partial charge in [0, 0.05) is 29.4 Å². The molecule has 0 fully saturated rings. The summed E-state index contributed by atoms with van der Waals surface area (Å²) in [6, 6.07) is 12.2. The van der Waals surface area contributed by atoms with Gasteiger partial charge in [-0.2, -0.15) is 0 Å². The van der Waals surface area contributed by atoms with Crippen LogP contribution in [-0.4, -0.2) is 23.8 Å². The number of nitrogens with zero attached hydrogens (tertiary/aromatic N) is 1. The molecule has 126 valence electrons. The highest BCUT2D eigenvalue weighted by Gasteiger charge is 2.11. The van der Waals surface area contributed by atoms with Crippen LogP contribution in [0.2, 0.25) is 0 Å². The number of aromatic nitrogens is 1. The molecule has 0 unspecified atom stereocenters. The summed E-state index contributed by atoms with van der Waals surface area (Å²) in [5, 5.41) is 5.43. The van der Waals surface area contributed by atoms with Crippen LogP contribution in [0.15, 0.2) is 59.5 Å². The first kappa shape index (κ1) is 16.4. The fourth-order valence-electron chi connectivity index (χ4n) is 2.43. The molecule has 0 radical (unpaired) electrons. The van der Waals surface area contributed by atoms with Gasteiger partial charge in [0.2, 0.25) is 0 Å². The molecule has 0 aliphatic carbocycles. The Morgan fingerprint density at radius 1 is 1.00 bits per heavy atom. The van der Waals surface area contributed by atoms with Crippen molar-refractivity contribution < 1.29 is 14.0 Å². The molecule has 0 aliphatic heterocycles. The lowest BCUT2D eigenvalue weighted by Crippen LogP contribution is -2.18. The number of hydrogen-bond acceptors (Lipinski definition) is 4. The van der Waals surface area contributed by atoms with Gasteiger partial charge in [0.15, 0.2) is 12.2 Å². The summed E-state index contributed by atoms with van der Waals surface area (Å²) in [7, 11) is 1.58. The number of oxazole rings is 1. The zero-order valence-corrected chi connectivity index (χ0v) is 13.9. The lowest BCUT2D eigenvalue weighted by Gasteiger charge is -2.10. The predicted octanol–water partition coefficient (Wildman–Crippen LogP) is 3.26. The zero-order chi connectivity index (χ0) is 17.8. The third-order valence-corrected chi connectivity index (χ3v) is 3.83. The van der Waals surface area contributed by atoms with Crippen molar-refractivity contribution in [3.8, 4) is 11.3 Å². The van der Waals surface area contributed by atoms with E-state index >= 15 is 0 Å². The van der Waals surface area contributed by atoms with Gasteiger partial charge in [0.05, 0.1) is 6.20 Å². The Hall–Kier alpha value is -3.41. The maximum Gasteiger partial charge on any atom is 0.255 e. The minimum absolute atomic E-state index is 0.163. The van der Waals surface area contributed by atoms with E-state index in [9.17, 15) is 9.59 Å². The molecule has 2 amide bonds. The van der Waals surface area contributed by atoms with Crippen molar-refractivity contribution in [2.24, 2.45) is 0 Å². The first-order valence-electron chi connectivity index (χ1n) is 7.71. The van der Waals surface area contributed by atoms with Crippen LogP contribution in [-0.2, 0) is 0 Å². The van der Waals surface area contributed by atoms with E-state index in [1.807, 2.05) is 6.92 Å². The molecule has 0 spiro atoms. The lowest BCUT2D eigenvalue weighted by molar-refractivity contribution is 0.0962. The topological polar surface area (TPSA) is 84.2 Å². The van der Waals surface area contributed by atoms with Crippen molar-refractivity contribution in [2.75, 3.05) is 12.4 Å². The van der Waals surface area contributed by atoms with Crippen LogP contribution in [0, 0.1) is 6.92 Å². The van der Waals surface area contributed by atoms with Gasteiger partial charge in [0.25, 0.3) is 11.8 Å². The second kappa shape index (κ2) is 7.00. The predicted molar refractivity (Wildman–Crippen MR) is 94.5 cm³/mol. The highest BCUT2D eigenvalue weighted by Crippen LogP contribution is 2.21. The third kappa shape index (κ3) is 3.58. The second-order valence-electron chi connectivity index (χ2n) is 5.51. The van der Waals surface area contributed by atoms with Gasteiger partial charge < -0.3 is 15.1 Å². The van der Waals surface area contributed by atoms with Crippen LogP contribution in [0.3, 0.4) is 0 Å². The molecule has 2 N–H and O–H groups in total. The van der Waals surface area contributed by atoms with Crippen molar-refractivity contribution in [3.05, 3.63) is 71.7 Å². The van der Waals surface area contributed by atoms with Gasteiger partial charge in [0.1, 0.15) is 0 Å². The van der Waals surface area contributed by atoms with Gasteiger partial charge in [-0.3, -0.25) is 9.59 Å². The van der Waals surface area contributed by atoms with E-state index in [0.717, 1.165) is 11.1 Å². The highest BCUT2D eigenvalue weighted by molar-refractivity contribution is 6.05. The number of anilines is 1. The quantitative estimate of drug-likeness (QED) is 0.766. The Morgan fingerprint density at radius 2 is 1.72 bits per heavy atom. The third-order valence-electron chi connectivity index (χ3n) is 3.83. The summed E-state index contributed by atoms with van der Waals surface area (Å²) >= 11 is 0. The molecule has 0 saturated heterocycles. The van der Waals surface area contributed by atoms with Crippen LogP contribution in [0.1, 0.15) is 26.3 Å². The van der Waals surface area contributed by atoms with Crippen molar-refractivity contribution in [2.45, 2.75) is 6.92 Å². The summed E-state index contributed by atoms with van der Waals surface area (Å²) in [6.45, 7) is 1.84. The van der Waals surface area contributed by atoms with E-state index in [4.69, 9.17) is 4.42 Å². The standard InChI is InChI=1S/C19H17N3O3/c1-12-9-15(18(23)20-2)7-8-16(12)22-19(24)14-5-3-13(4-6-14)17-10-21-11-25-17/h3-11H,1-2H3,(H,20,23)(H,22,24). The average molecular weight is 335 g/mol. The maximum atomic E-state index is 12.4. The highest BCUT2D eigenvalue weighted by atomic mass is 16.3. The molecule has 3 aromatic rings. The molecule has 2 aromatic carbocycles. The Morgan fingerprint density at radius 3 is 2.32 bits per heavy atom. The molecular weight excluding hydrogens is 318 g/mol. The van der Waals surface area contributed by atoms with Crippen molar-refractivity contribution in [3.63, 3.8) is 0 Å². The van der Waals surface area contributed by atoms with Crippen LogP contribution >= 0.6 is 0 Å². The Kier molecular flexibility index (Phi) is 4.61. The molecule has 0 bridgehead atoms. The van der Waals surface area contributed by atoms with E-state index in [1.54, 1.807) is 55.7 Å². The van der Waals surface area contributed by atoms with E-state index in [2.05, 4.69) is 15.6 Å². The van der Waals surface area contributed by atoms with Crippen molar-refractivity contribution in [1.82, 2.24) is 10.3 Å². The molecule has 0 aliphatic rings. The molecular formula is C19H17N3O3. The Labute approximate surface area is 144 Å². The first-order chi connectivity index (χ1) is 12.1. The normalized spacial score (nSPS) is 10.3. The van der Waals surface area contributed by atoms with E-state index < -0.39 is 0 Å². The monoisotopic (exact) mass is 335 g/mol. The Balaban J connectivity index is 1.75. The number of rotatable bonds is 4. The van der Waals surface area contributed by atoms with Gasteiger partial charge in [-0.1, -0.05) is 12.1 Å². The molecule has 3 rings (SSSR count). The average Bonchev–Trinajstić information content (AvgIpc) is 3.17. The van der Waals surface area contributed by atoms with Gasteiger partial charge in [-0.05, 0) is 42.8 Å². The number of aryl methyl sites for hydroxylation is 1. The summed E-state index contributed by atoms with van der Waals surface area (Å²) in [5.74, 6) is 0.261. The molecule has 6 nitrogen and oxygen atoms in total. The maximum absolute atomic E-state index is 12.4. The Bertz CT molecular complexity index is 900. The molecule has 0 saturated carbocycles. The van der Waals surface area contributed by atoms with E-state index in [0.29, 0.717) is 22.6 Å². The van der Waals surface area contributed by atoms with Crippen LogP contribution in [0.5, 0.6) is 0 Å². The largest absolute Gasteiger partial charge is 0.444 e. The number of nitrogens with one attached hydrogen (secondary N) is 2. The van der Waals surface area contributed by atoms with E-state index in [1.165, 1.54) is 6.39 Å². The molecule has 25 heavy (non-hydrogen) atoms. The second-order valence-corrected chi connectivity index (χ2v) is 5.51. The van der Waals surface area contributed by atoms with Crippen molar-refractivity contribution in [1.29, 1.82) is 0 Å². The minimum atomic E-state index is -0.222. The molecule has 1 heterocycles. The molecule has 1 aromatic heterocycles. The van der Waals surface area contributed by atoms with Gasteiger partial charge in [-0.25, -0.2) is 4.98 Å². The first-order valence-corrected chi connectivity index (χ1v) is 7.71. The molecule has 0 atom stereocenters. The van der Waals surface area contributed by atoms with Crippen molar-refractivity contribution >= 4 is 17.5 Å². The van der Waals surface area contributed by atoms with Crippen LogP contribution in [0.4, 0.5) is 5.69 Å². The zero-order valence-electron chi connectivity index (χ0n) is 13.9. The SMILES string of the molecule is CNC(=O)c1ccc(NC(=O)c2ccc(-c3cnco3)cc2)c(C)c1. The number of carbonyl (C=O) groups excluding carboxylic acids is 2. The minimum Gasteiger partial charge on any atom is -0.444 e. The lowest BCUT2D eigenvalue weighted by atomic mass is 10.1.